The van der Waals surface area contributed by atoms with E-state index in [1.54, 1.807) is 19.2 Å². The Bertz CT molecular complexity index is 1210. The molecular formula is C28H32ClFN2O2. The number of methoxy groups -OCH3 is 1. The zero-order valence-electron chi connectivity index (χ0n) is 19.6. The first kappa shape index (κ1) is 22.5. The molecule has 2 aromatic carbocycles. The van der Waals surface area contributed by atoms with Gasteiger partial charge in [0.2, 0.25) is 0 Å². The molecule has 3 fully saturated rings. The molecule has 1 saturated carbocycles. The minimum absolute atomic E-state index is 0.152. The number of aliphatic hydroxyl groups is 1. The van der Waals surface area contributed by atoms with Crippen molar-refractivity contribution in [1.82, 2.24) is 9.47 Å². The summed E-state index contributed by atoms with van der Waals surface area (Å²) in [5, 5.41) is 12.3. The lowest BCUT2D eigenvalue weighted by Gasteiger charge is -2.60. The number of nitrogens with zero attached hydrogens (tertiary/aromatic N) is 2. The molecule has 5 atom stereocenters. The molecule has 3 aliphatic heterocycles. The summed E-state index contributed by atoms with van der Waals surface area (Å²) >= 11 is 6.51. The van der Waals surface area contributed by atoms with Crippen molar-refractivity contribution < 1.29 is 14.2 Å². The van der Waals surface area contributed by atoms with E-state index in [2.05, 4.69) is 21.6 Å². The standard InChI is InChI=1S/C28H32ClFN2O2/c1-34-13-9-19-14-18-16-28(10-12-33)26(19)31(17-18)11-8-23-24-15-20(29)2-7-25(24)32(27(23)28)22-5-3-21(30)4-6-22/h2-7,15,18-19,26,33H,8-14,16-17H2,1H3. The van der Waals surface area contributed by atoms with Crippen molar-refractivity contribution in [3.8, 4) is 5.69 Å². The van der Waals surface area contributed by atoms with Crippen LogP contribution in [0.4, 0.5) is 4.39 Å². The first-order valence-corrected chi connectivity index (χ1v) is 12.9. The first-order valence-electron chi connectivity index (χ1n) is 12.5. The number of benzene rings is 2. The smallest absolute Gasteiger partial charge is 0.123 e. The number of aliphatic hydroxyl groups excluding tert-OH is 1. The van der Waals surface area contributed by atoms with Gasteiger partial charge in [0.05, 0.1) is 5.52 Å². The number of ether oxygens (including phenoxy) is 1. The summed E-state index contributed by atoms with van der Waals surface area (Å²) in [6.07, 6.45) is 5.03. The first-order chi connectivity index (χ1) is 16.6. The maximum Gasteiger partial charge on any atom is 0.123 e. The predicted molar refractivity (Wildman–Crippen MR) is 133 cm³/mol. The topological polar surface area (TPSA) is 37.6 Å². The highest BCUT2D eigenvalue weighted by atomic mass is 35.5. The fourth-order valence-electron chi connectivity index (χ4n) is 7.76. The number of rotatable bonds is 6. The molecule has 0 radical (unpaired) electrons. The zero-order chi connectivity index (χ0) is 23.4. The molecule has 2 saturated heterocycles. The molecular weight excluding hydrogens is 451 g/mol. The molecule has 4 aliphatic rings. The van der Waals surface area contributed by atoms with Crippen LogP contribution in [0, 0.1) is 17.7 Å². The molecule has 4 heterocycles. The highest BCUT2D eigenvalue weighted by Gasteiger charge is 2.58. The third-order valence-electron chi connectivity index (χ3n) is 8.68. The minimum atomic E-state index is -0.234. The van der Waals surface area contributed by atoms with Crippen molar-refractivity contribution in [2.24, 2.45) is 11.8 Å². The van der Waals surface area contributed by atoms with E-state index in [1.807, 2.05) is 18.2 Å². The van der Waals surface area contributed by atoms with Crippen molar-refractivity contribution in [2.45, 2.75) is 43.6 Å². The Morgan fingerprint density at radius 1 is 1.21 bits per heavy atom. The van der Waals surface area contributed by atoms with Crippen molar-refractivity contribution in [1.29, 1.82) is 0 Å². The summed E-state index contributed by atoms with van der Waals surface area (Å²) in [4.78, 5) is 2.71. The Balaban J connectivity index is 1.65. The molecule has 1 aliphatic carbocycles. The SMILES string of the molecule is COCCC1CC2CN3CCc4c(n(-c5ccc(F)cc5)c5ccc(Cl)cc45)C(CCO)(C2)C13. The fourth-order valence-corrected chi connectivity index (χ4v) is 7.93. The Morgan fingerprint density at radius 2 is 2.03 bits per heavy atom. The summed E-state index contributed by atoms with van der Waals surface area (Å²) in [6, 6.07) is 13.3. The van der Waals surface area contributed by atoms with Gasteiger partial charge in [0.25, 0.3) is 0 Å². The van der Waals surface area contributed by atoms with Gasteiger partial charge in [0.15, 0.2) is 0 Å². The zero-order valence-corrected chi connectivity index (χ0v) is 20.4. The molecule has 0 amide bonds. The van der Waals surface area contributed by atoms with E-state index in [0.29, 0.717) is 17.9 Å². The van der Waals surface area contributed by atoms with Crippen LogP contribution in [0.1, 0.15) is 36.9 Å². The normalized spacial score (nSPS) is 29.9. The van der Waals surface area contributed by atoms with Crippen molar-refractivity contribution in [2.75, 3.05) is 33.4 Å². The lowest BCUT2D eigenvalue weighted by atomic mass is 9.55. The molecule has 1 aromatic heterocycles. The highest BCUT2D eigenvalue weighted by Crippen LogP contribution is 2.57. The number of halogens is 2. The van der Waals surface area contributed by atoms with E-state index in [-0.39, 0.29) is 17.8 Å². The van der Waals surface area contributed by atoms with Gasteiger partial charge < -0.3 is 14.4 Å². The number of hydrogen-bond donors (Lipinski definition) is 1. The van der Waals surface area contributed by atoms with Gasteiger partial charge >= 0.3 is 0 Å². The summed E-state index contributed by atoms with van der Waals surface area (Å²) in [7, 11) is 1.78. The number of aromatic nitrogens is 1. The third-order valence-corrected chi connectivity index (χ3v) is 8.91. The van der Waals surface area contributed by atoms with Gasteiger partial charge in [-0.15, -0.1) is 0 Å². The predicted octanol–water partition coefficient (Wildman–Crippen LogP) is 5.35. The van der Waals surface area contributed by atoms with E-state index >= 15 is 0 Å². The monoisotopic (exact) mass is 482 g/mol. The van der Waals surface area contributed by atoms with Gasteiger partial charge in [-0.2, -0.15) is 0 Å². The van der Waals surface area contributed by atoms with Gasteiger partial charge in [0, 0.05) is 66.7 Å². The molecule has 0 spiro atoms. The summed E-state index contributed by atoms with van der Waals surface area (Å²) in [5.41, 5.74) is 4.57. The highest BCUT2D eigenvalue weighted by molar-refractivity contribution is 6.31. The molecule has 7 rings (SSSR count). The second-order valence-electron chi connectivity index (χ2n) is 10.5. The quantitative estimate of drug-likeness (QED) is 0.515. The molecule has 3 aromatic rings. The fraction of sp³-hybridized carbons (Fsp3) is 0.500. The second-order valence-corrected chi connectivity index (χ2v) is 10.9. The Morgan fingerprint density at radius 3 is 2.79 bits per heavy atom. The molecule has 4 nitrogen and oxygen atoms in total. The Hall–Kier alpha value is -1.92. The molecule has 34 heavy (non-hydrogen) atoms. The van der Waals surface area contributed by atoms with Crippen molar-refractivity contribution >= 4 is 22.5 Å². The maximum atomic E-state index is 13.9. The second kappa shape index (κ2) is 8.63. The molecule has 5 unspecified atom stereocenters. The van der Waals surface area contributed by atoms with Crippen LogP contribution >= 0.6 is 11.6 Å². The van der Waals surface area contributed by atoms with E-state index < -0.39 is 0 Å². The van der Waals surface area contributed by atoms with Crippen LogP contribution in [0.3, 0.4) is 0 Å². The van der Waals surface area contributed by atoms with E-state index in [1.165, 1.54) is 23.1 Å². The lowest BCUT2D eigenvalue weighted by molar-refractivity contribution is -0.0729. The van der Waals surface area contributed by atoms with Crippen LogP contribution in [-0.2, 0) is 16.6 Å². The van der Waals surface area contributed by atoms with Crippen molar-refractivity contribution in [3.05, 3.63) is 64.6 Å². The van der Waals surface area contributed by atoms with E-state index in [9.17, 15) is 9.50 Å². The molecule has 4 bridgehead atoms. The Kier molecular flexibility index (Phi) is 5.72. The lowest BCUT2D eigenvalue weighted by Crippen LogP contribution is -2.65. The molecule has 6 heteroatoms. The van der Waals surface area contributed by atoms with Gasteiger partial charge in [-0.1, -0.05) is 11.6 Å². The minimum Gasteiger partial charge on any atom is -0.396 e. The number of piperidine rings is 2. The van der Waals surface area contributed by atoms with E-state index in [4.69, 9.17) is 16.3 Å². The van der Waals surface area contributed by atoms with Gasteiger partial charge in [-0.3, -0.25) is 4.90 Å². The van der Waals surface area contributed by atoms with Crippen LogP contribution in [-0.4, -0.2) is 54.0 Å². The summed E-state index contributed by atoms with van der Waals surface area (Å²) in [5.74, 6) is 0.905. The summed E-state index contributed by atoms with van der Waals surface area (Å²) < 4.78 is 21.8. The van der Waals surface area contributed by atoms with Gasteiger partial charge in [0.1, 0.15) is 5.82 Å². The van der Waals surface area contributed by atoms with Crippen LogP contribution < -0.4 is 0 Å². The average molecular weight is 483 g/mol. The van der Waals surface area contributed by atoms with Gasteiger partial charge in [-0.25, -0.2) is 4.39 Å². The van der Waals surface area contributed by atoms with E-state index in [0.717, 1.165) is 61.6 Å². The largest absolute Gasteiger partial charge is 0.396 e. The molecule has 180 valence electrons. The van der Waals surface area contributed by atoms with Crippen LogP contribution in [0.2, 0.25) is 5.02 Å². The number of hydrogen-bond acceptors (Lipinski definition) is 3. The van der Waals surface area contributed by atoms with Crippen LogP contribution in [0.5, 0.6) is 0 Å². The Labute approximate surface area is 205 Å². The average Bonchev–Trinajstić information content (AvgIpc) is 3.11. The maximum absolute atomic E-state index is 13.9. The van der Waals surface area contributed by atoms with Gasteiger partial charge in [-0.05, 0) is 92.0 Å². The van der Waals surface area contributed by atoms with Crippen LogP contribution in [0.25, 0.3) is 16.6 Å². The summed E-state index contributed by atoms with van der Waals surface area (Å²) in [6.45, 7) is 3.07. The van der Waals surface area contributed by atoms with Crippen molar-refractivity contribution in [3.63, 3.8) is 0 Å². The van der Waals surface area contributed by atoms with Crippen LogP contribution in [0.15, 0.2) is 42.5 Å². The third kappa shape index (κ3) is 3.35. The molecule has 1 N–H and O–H groups in total. The number of fused-ring (bicyclic) bond motifs is 4.